The molecule has 0 aromatic carbocycles. The maximum absolute atomic E-state index is 13.0. The van der Waals surface area contributed by atoms with Crippen LogP contribution in [0, 0.1) is 5.92 Å². The minimum atomic E-state index is -1.74. The van der Waals surface area contributed by atoms with Crippen molar-refractivity contribution >= 4 is 29.9 Å². The zero-order chi connectivity index (χ0) is 24.4. The Morgan fingerprint density at radius 1 is 1.27 bits per heavy atom. The van der Waals surface area contributed by atoms with Crippen LogP contribution in [0.25, 0.3) is 6.08 Å². The number of nitrogens with zero attached hydrogens (tertiary/aromatic N) is 3. The van der Waals surface area contributed by atoms with E-state index >= 15 is 0 Å². The van der Waals surface area contributed by atoms with Crippen molar-refractivity contribution in [3.8, 4) is 5.88 Å². The van der Waals surface area contributed by atoms with E-state index in [2.05, 4.69) is 33.2 Å². The average molecular weight is 479 g/mol. The molecule has 6 nitrogen and oxygen atoms in total. The van der Waals surface area contributed by atoms with Crippen molar-refractivity contribution in [3.63, 3.8) is 0 Å². The minimum Gasteiger partial charge on any atom is -0.474 e. The molecule has 0 saturated heterocycles. The largest absolute Gasteiger partial charge is 0.474 e. The molecular formula is C24H32F2N4O2S. The number of rotatable bonds is 12. The lowest BCUT2D eigenvalue weighted by Crippen LogP contribution is -2.25. The van der Waals surface area contributed by atoms with E-state index in [1.54, 1.807) is 18.5 Å². The molecule has 9 heteroatoms. The summed E-state index contributed by atoms with van der Waals surface area (Å²) in [7, 11) is 1.98. The number of anilines is 1. The molecule has 0 aliphatic rings. The van der Waals surface area contributed by atoms with Gasteiger partial charge in [-0.15, -0.1) is 0 Å². The summed E-state index contributed by atoms with van der Waals surface area (Å²) in [5, 5.41) is 2.95. The van der Waals surface area contributed by atoms with Crippen LogP contribution in [-0.4, -0.2) is 39.9 Å². The highest BCUT2D eigenvalue weighted by atomic mass is 32.2. The number of hydrogen-bond acceptors (Lipinski definition) is 6. The molecule has 33 heavy (non-hydrogen) atoms. The topological polar surface area (TPSA) is 67.4 Å². The standard InChI is InChI=1S/C24H32F2N4O2S/c1-6-7-8-18-11-12-27-23(29-24(31)16(2)3)20(18)14-30(5)17(4)19-9-10-22(28-13-19)32-15-21(25)33-26/h7-13,16-17,21H,6,14-15H2,1-5H3,(H,27,29,31)/b8-7+. The quantitative estimate of drug-likeness (QED) is 0.405. The summed E-state index contributed by atoms with van der Waals surface area (Å²) in [6.45, 7) is 7.93. The number of aromatic nitrogens is 2. The van der Waals surface area contributed by atoms with Crippen molar-refractivity contribution in [2.45, 2.75) is 52.2 Å². The first-order valence-corrected chi connectivity index (χ1v) is 11.7. The number of allylic oxidation sites excluding steroid dienone is 1. The van der Waals surface area contributed by atoms with Crippen LogP contribution in [0.5, 0.6) is 5.88 Å². The number of nitrogens with one attached hydrogen (secondary N) is 1. The van der Waals surface area contributed by atoms with Gasteiger partial charge in [0.15, 0.2) is 0 Å². The molecule has 0 aliphatic heterocycles. The summed E-state index contributed by atoms with van der Waals surface area (Å²) in [6.07, 6.45) is 8.37. The van der Waals surface area contributed by atoms with Crippen molar-refractivity contribution in [2.24, 2.45) is 5.92 Å². The lowest BCUT2D eigenvalue weighted by atomic mass is 10.0. The average Bonchev–Trinajstić information content (AvgIpc) is 2.82. The monoisotopic (exact) mass is 478 g/mol. The summed E-state index contributed by atoms with van der Waals surface area (Å²) in [4.78, 5) is 23.1. The summed E-state index contributed by atoms with van der Waals surface area (Å²) in [5.41, 5.74) is 1.12. The minimum absolute atomic E-state index is 0.0151. The second kappa shape index (κ2) is 13.3. The van der Waals surface area contributed by atoms with Crippen LogP contribution < -0.4 is 10.1 Å². The van der Waals surface area contributed by atoms with Crippen LogP contribution in [-0.2, 0) is 11.3 Å². The van der Waals surface area contributed by atoms with Crippen LogP contribution in [0.4, 0.5) is 14.1 Å². The fraction of sp³-hybridized carbons (Fsp3) is 0.458. The highest BCUT2D eigenvalue weighted by molar-refractivity contribution is 7.94. The van der Waals surface area contributed by atoms with Gasteiger partial charge in [0.25, 0.3) is 0 Å². The lowest BCUT2D eigenvalue weighted by molar-refractivity contribution is -0.118. The van der Waals surface area contributed by atoms with E-state index in [0.29, 0.717) is 12.4 Å². The number of hydrogen-bond donors (Lipinski definition) is 1. The number of pyridine rings is 2. The molecule has 0 fully saturated rings. The third-order valence-electron chi connectivity index (χ3n) is 5.16. The Bertz CT molecular complexity index is 925. The van der Waals surface area contributed by atoms with Gasteiger partial charge in [0, 0.05) is 42.5 Å². The number of amides is 1. The number of alkyl halides is 1. The Morgan fingerprint density at radius 2 is 2.03 bits per heavy atom. The molecule has 180 valence electrons. The van der Waals surface area contributed by atoms with Crippen molar-refractivity contribution in [2.75, 3.05) is 19.0 Å². The summed E-state index contributed by atoms with van der Waals surface area (Å²) < 4.78 is 30.3. The van der Waals surface area contributed by atoms with Crippen molar-refractivity contribution < 1.29 is 17.8 Å². The zero-order valence-electron chi connectivity index (χ0n) is 19.7. The smallest absolute Gasteiger partial charge is 0.228 e. The Hall–Kier alpha value is -2.52. The summed E-state index contributed by atoms with van der Waals surface area (Å²) >= 11 is -0.393. The van der Waals surface area contributed by atoms with Gasteiger partial charge >= 0.3 is 0 Å². The Labute approximate surface area is 199 Å². The molecule has 2 aromatic heterocycles. The van der Waals surface area contributed by atoms with Crippen LogP contribution in [0.2, 0.25) is 0 Å². The predicted octanol–water partition coefficient (Wildman–Crippen LogP) is 5.98. The normalized spacial score (nSPS) is 13.5. The first-order chi connectivity index (χ1) is 15.8. The van der Waals surface area contributed by atoms with Gasteiger partial charge in [-0.3, -0.25) is 9.69 Å². The molecule has 1 N–H and O–H groups in total. The van der Waals surface area contributed by atoms with E-state index in [1.165, 1.54) is 0 Å². The van der Waals surface area contributed by atoms with Gasteiger partial charge < -0.3 is 10.1 Å². The van der Waals surface area contributed by atoms with Crippen molar-refractivity contribution in [1.82, 2.24) is 14.9 Å². The number of ether oxygens (including phenoxy) is 1. The van der Waals surface area contributed by atoms with Gasteiger partial charge in [-0.25, -0.2) is 14.4 Å². The third kappa shape index (κ3) is 8.08. The predicted molar refractivity (Wildman–Crippen MR) is 130 cm³/mol. The number of carbonyl (C=O) groups excluding carboxylic acids is 1. The second-order valence-electron chi connectivity index (χ2n) is 8.01. The SMILES string of the molecule is CC/C=C/c1ccnc(NC(=O)C(C)C)c1CN(C)C(C)c1ccc(OCC(F)SF)nc1. The van der Waals surface area contributed by atoms with Gasteiger partial charge in [0.05, 0.1) is 12.1 Å². The molecule has 2 unspecified atom stereocenters. The van der Waals surface area contributed by atoms with Crippen molar-refractivity contribution in [3.05, 3.63) is 53.4 Å². The molecule has 0 bridgehead atoms. The molecule has 0 radical (unpaired) electrons. The van der Waals surface area contributed by atoms with Gasteiger partial charge in [-0.05, 0) is 37.6 Å². The molecule has 2 rings (SSSR count). The van der Waals surface area contributed by atoms with Crippen LogP contribution in [0.1, 0.15) is 56.8 Å². The van der Waals surface area contributed by atoms with Gasteiger partial charge in [0.1, 0.15) is 12.4 Å². The first kappa shape index (κ1) is 26.7. The van der Waals surface area contributed by atoms with E-state index < -0.39 is 24.3 Å². The van der Waals surface area contributed by atoms with Gasteiger partial charge in [0.2, 0.25) is 17.3 Å². The lowest BCUT2D eigenvalue weighted by Gasteiger charge is -2.26. The fourth-order valence-corrected chi connectivity index (χ4v) is 3.10. The molecule has 0 aliphatic carbocycles. The van der Waals surface area contributed by atoms with Gasteiger partial charge in [-0.2, -0.15) is 3.89 Å². The van der Waals surface area contributed by atoms with E-state index in [-0.39, 0.29) is 23.7 Å². The Kier molecular flexibility index (Phi) is 10.7. The molecule has 1 amide bonds. The third-order valence-corrected chi connectivity index (χ3v) is 5.49. The molecule has 2 aromatic rings. The summed E-state index contributed by atoms with van der Waals surface area (Å²) in [6, 6.07) is 5.41. The van der Waals surface area contributed by atoms with Crippen LogP contribution >= 0.6 is 12.1 Å². The van der Waals surface area contributed by atoms with E-state index in [9.17, 15) is 13.1 Å². The van der Waals surface area contributed by atoms with Crippen LogP contribution in [0.3, 0.4) is 0 Å². The highest BCUT2D eigenvalue weighted by Crippen LogP contribution is 2.27. The molecule has 2 heterocycles. The molecular weight excluding hydrogens is 446 g/mol. The first-order valence-electron chi connectivity index (χ1n) is 10.9. The maximum Gasteiger partial charge on any atom is 0.228 e. The van der Waals surface area contributed by atoms with E-state index in [0.717, 1.165) is 23.1 Å². The van der Waals surface area contributed by atoms with Crippen LogP contribution in [0.15, 0.2) is 36.7 Å². The second-order valence-corrected chi connectivity index (χ2v) is 8.70. The molecule has 0 saturated carbocycles. The van der Waals surface area contributed by atoms with Crippen molar-refractivity contribution in [1.29, 1.82) is 0 Å². The summed E-state index contributed by atoms with van der Waals surface area (Å²) in [5.74, 6) is 0.550. The Morgan fingerprint density at radius 3 is 2.64 bits per heavy atom. The Balaban J connectivity index is 2.20. The molecule has 0 spiro atoms. The maximum atomic E-state index is 13.0. The van der Waals surface area contributed by atoms with E-state index in [1.807, 2.05) is 46.0 Å². The van der Waals surface area contributed by atoms with E-state index in [4.69, 9.17) is 4.74 Å². The number of halogens is 2. The fourth-order valence-electron chi connectivity index (χ4n) is 2.98. The molecule has 2 atom stereocenters. The van der Waals surface area contributed by atoms with Gasteiger partial charge in [-0.1, -0.05) is 39.0 Å². The zero-order valence-corrected chi connectivity index (χ0v) is 20.5. The number of carbonyl (C=O) groups is 1. The highest BCUT2D eigenvalue weighted by Gasteiger charge is 2.19.